The van der Waals surface area contributed by atoms with Gasteiger partial charge in [0.2, 0.25) is 0 Å². The molecule has 2 aromatic heterocycles. The molecule has 0 spiro atoms. The van der Waals surface area contributed by atoms with Crippen molar-refractivity contribution in [2.24, 2.45) is 0 Å². The lowest BCUT2D eigenvalue weighted by Gasteiger charge is -2.06. The quantitative estimate of drug-likeness (QED) is 0.735. The molecule has 0 atom stereocenters. The molecular weight excluding hydrogens is 290 g/mol. The van der Waals surface area contributed by atoms with Crippen LogP contribution in [0.25, 0.3) is 11.6 Å². The Hall–Kier alpha value is -2.40. The molecule has 0 saturated carbocycles. The number of pyridine rings is 1. The Morgan fingerprint density at radius 3 is 2.86 bits per heavy atom. The van der Waals surface area contributed by atoms with E-state index >= 15 is 0 Å². The summed E-state index contributed by atoms with van der Waals surface area (Å²) in [4.78, 5) is 4.15. The van der Waals surface area contributed by atoms with Crippen molar-refractivity contribution in [1.29, 1.82) is 0 Å². The zero-order chi connectivity index (χ0) is 14.7. The van der Waals surface area contributed by atoms with Crippen LogP contribution in [-0.2, 0) is 6.61 Å². The smallest absolute Gasteiger partial charge is 0.266 e. The van der Waals surface area contributed by atoms with Gasteiger partial charge in [-0.2, -0.15) is 0 Å². The molecule has 0 aliphatic rings. The Morgan fingerprint density at radius 2 is 2.10 bits per heavy atom. The minimum absolute atomic E-state index is 0.197. The van der Waals surface area contributed by atoms with Gasteiger partial charge in [-0.15, -0.1) is 10.2 Å². The lowest BCUT2D eigenvalue weighted by atomic mass is 10.2. The van der Waals surface area contributed by atoms with Gasteiger partial charge in [0.25, 0.3) is 11.8 Å². The Kier molecular flexibility index (Phi) is 3.83. The Balaban J connectivity index is 1.70. The average molecular weight is 302 g/mol. The first-order valence-electron chi connectivity index (χ1n) is 6.35. The molecule has 0 aliphatic carbocycles. The molecule has 0 fully saturated rings. The van der Waals surface area contributed by atoms with E-state index in [4.69, 9.17) is 20.8 Å². The van der Waals surface area contributed by atoms with Crippen molar-refractivity contribution in [1.82, 2.24) is 15.2 Å². The monoisotopic (exact) mass is 301 g/mol. The standard InChI is InChI=1S/C15H12ClN3O2/c1-10-8-11(16)5-6-13(10)20-9-14-18-19-15(21-14)12-4-2-3-7-17-12/h2-8H,9H2,1H3. The third-order valence-electron chi connectivity index (χ3n) is 2.84. The van der Waals surface area contributed by atoms with E-state index in [2.05, 4.69) is 15.2 Å². The number of hydrogen-bond acceptors (Lipinski definition) is 5. The minimum Gasteiger partial charge on any atom is -0.484 e. The molecule has 0 amide bonds. The predicted octanol–water partition coefficient (Wildman–Crippen LogP) is 3.67. The van der Waals surface area contributed by atoms with Gasteiger partial charge in [-0.3, -0.25) is 4.98 Å². The maximum atomic E-state index is 5.90. The fraction of sp³-hybridized carbons (Fsp3) is 0.133. The van der Waals surface area contributed by atoms with E-state index in [9.17, 15) is 0 Å². The summed E-state index contributed by atoms with van der Waals surface area (Å²) in [6.45, 7) is 2.12. The Bertz CT molecular complexity index is 744. The summed E-state index contributed by atoms with van der Waals surface area (Å²) < 4.78 is 11.2. The van der Waals surface area contributed by atoms with Crippen LogP contribution in [0.2, 0.25) is 5.02 Å². The van der Waals surface area contributed by atoms with Gasteiger partial charge >= 0.3 is 0 Å². The van der Waals surface area contributed by atoms with Gasteiger partial charge in [-0.1, -0.05) is 17.7 Å². The van der Waals surface area contributed by atoms with E-state index in [0.29, 0.717) is 22.5 Å². The van der Waals surface area contributed by atoms with Gasteiger partial charge in [-0.25, -0.2) is 0 Å². The average Bonchev–Trinajstić information content (AvgIpc) is 2.96. The van der Waals surface area contributed by atoms with E-state index in [1.807, 2.05) is 37.3 Å². The number of rotatable bonds is 4. The highest BCUT2D eigenvalue weighted by Crippen LogP contribution is 2.23. The number of benzene rings is 1. The maximum Gasteiger partial charge on any atom is 0.266 e. The maximum absolute atomic E-state index is 5.90. The van der Waals surface area contributed by atoms with Crippen LogP contribution >= 0.6 is 11.6 Å². The van der Waals surface area contributed by atoms with Crippen molar-refractivity contribution in [3.8, 4) is 17.3 Å². The molecule has 0 saturated heterocycles. The molecule has 0 aliphatic heterocycles. The molecule has 3 rings (SSSR count). The fourth-order valence-electron chi connectivity index (χ4n) is 1.82. The minimum atomic E-state index is 0.197. The van der Waals surface area contributed by atoms with Crippen molar-refractivity contribution in [2.45, 2.75) is 13.5 Å². The van der Waals surface area contributed by atoms with E-state index in [1.165, 1.54) is 0 Å². The molecule has 0 radical (unpaired) electrons. The molecule has 2 heterocycles. The van der Waals surface area contributed by atoms with E-state index < -0.39 is 0 Å². The molecular formula is C15H12ClN3O2. The summed E-state index contributed by atoms with van der Waals surface area (Å²) in [5.41, 5.74) is 1.59. The van der Waals surface area contributed by atoms with Gasteiger partial charge in [0.1, 0.15) is 11.4 Å². The lowest BCUT2D eigenvalue weighted by molar-refractivity contribution is 0.263. The van der Waals surface area contributed by atoms with Gasteiger partial charge < -0.3 is 9.15 Å². The third kappa shape index (κ3) is 3.20. The highest BCUT2D eigenvalue weighted by atomic mass is 35.5. The van der Waals surface area contributed by atoms with Crippen LogP contribution < -0.4 is 4.74 Å². The number of ether oxygens (including phenoxy) is 1. The number of halogens is 1. The largest absolute Gasteiger partial charge is 0.484 e. The molecule has 5 nitrogen and oxygen atoms in total. The van der Waals surface area contributed by atoms with Gasteiger partial charge in [0.05, 0.1) is 0 Å². The summed E-state index contributed by atoms with van der Waals surface area (Å²) in [7, 11) is 0. The number of hydrogen-bond donors (Lipinski definition) is 0. The second-order valence-electron chi connectivity index (χ2n) is 4.41. The fourth-order valence-corrected chi connectivity index (χ4v) is 2.05. The zero-order valence-electron chi connectivity index (χ0n) is 11.3. The van der Waals surface area contributed by atoms with E-state index in [1.54, 1.807) is 12.3 Å². The molecule has 3 aromatic rings. The van der Waals surface area contributed by atoms with Crippen molar-refractivity contribution < 1.29 is 9.15 Å². The zero-order valence-corrected chi connectivity index (χ0v) is 12.0. The first-order chi connectivity index (χ1) is 10.2. The number of aromatic nitrogens is 3. The van der Waals surface area contributed by atoms with Crippen LogP contribution in [0, 0.1) is 6.92 Å². The highest BCUT2D eigenvalue weighted by Gasteiger charge is 2.10. The van der Waals surface area contributed by atoms with Crippen molar-refractivity contribution in [2.75, 3.05) is 0 Å². The summed E-state index contributed by atoms with van der Waals surface area (Å²) in [5.74, 6) is 1.50. The normalized spacial score (nSPS) is 10.6. The molecule has 21 heavy (non-hydrogen) atoms. The van der Waals surface area contributed by atoms with Gasteiger partial charge in [-0.05, 0) is 42.8 Å². The topological polar surface area (TPSA) is 61.0 Å². The molecule has 0 bridgehead atoms. The molecule has 106 valence electrons. The van der Waals surface area contributed by atoms with E-state index in [0.717, 1.165) is 11.3 Å². The number of nitrogens with zero attached hydrogens (tertiary/aromatic N) is 3. The summed E-state index contributed by atoms with van der Waals surface area (Å²) in [6.07, 6.45) is 1.67. The highest BCUT2D eigenvalue weighted by molar-refractivity contribution is 6.30. The molecule has 0 N–H and O–H groups in total. The van der Waals surface area contributed by atoms with Crippen LogP contribution in [0.4, 0.5) is 0 Å². The second kappa shape index (κ2) is 5.93. The molecule has 6 heteroatoms. The summed E-state index contributed by atoms with van der Waals surface area (Å²) >= 11 is 5.90. The first kappa shape index (κ1) is 13.6. The Morgan fingerprint density at radius 1 is 1.19 bits per heavy atom. The number of aryl methyl sites for hydroxylation is 1. The Labute approximate surface area is 126 Å². The van der Waals surface area contributed by atoms with Crippen LogP contribution in [-0.4, -0.2) is 15.2 Å². The van der Waals surface area contributed by atoms with Crippen LogP contribution in [0.5, 0.6) is 5.75 Å². The summed E-state index contributed by atoms with van der Waals surface area (Å²) in [5, 5.41) is 8.58. The second-order valence-corrected chi connectivity index (χ2v) is 4.85. The lowest BCUT2D eigenvalue weighted by Crippen LogP contribution is -1.97. The van der Waals surface area contributed by atoms with Crippen molar-refractivity contribution >= 4 is 11.6 Å². The molecule has 1 aromatic carbocycles. The van der Waals surface area contributed by atoms with Gasteiger partial charge in [0.15, 0.2) is 6.61 Å². The van der Waals surface area contributed by atoms with Crippen molar-refractivity contribution in [3.63, 3.8) is 0 Å². The summed E-state index contributed by atoms with van der Waals surface area (Å²) in [6, 6.07) is 10.9. The van der Waals surface area contributed by atoms with Crippen LogP contribution in [0.1, 0.15) is 11.5 Å². The predicted molar refractivity (Wildman–Crippen MR) is 78.1 cm³/mol. The van der Waals surface area contributed by atoms with Crippen LogP contribution in [0.15, 0.2) is 47.0 Å². The van der Waals surface area contributed by atoms with Crippen molar-refractivity contribution in [3.05, 3.63) is 59.1 Å². The van der Waals surface area contributed by atoms with E-state index in [-0.39, 0.29) is 6.61 Å². The first-order valence-corrected chi connectivity index (χ1v) is 6.73. The molecule has 0 unspecified atom stereocenters. The third-order valence-corrected chi connectivity index (χ3v) is 3.07. The SMILES string of the molecule is Cc1cc(Cl)ccc1OCc1nnc(-c2ccccn2)o1. The van der Waals surface area contributed by atoms with Gasteiger partial charge in [0, 0.05) is 11.2 Å². The van der Waals surface area contributed by atoms with Crippen LogP contribution in [0.3, 0.4) is 0 Å².